The molecule has 31 heavy (non-hydrogen) atoms. The van der Waals surface area contributed by atoms with Crippen molar-refractivity contribution in [1.82, 2.24) is 30.5 Å². The van der Waals surface area contributed by atoms with Gasteiger partial charge < -0.3 is 14.6 Å². The van der Waals surface area contributed by atoms with Crippen LogP contribution in [-0.2, 0) is 24.1 Å². The maximum Gasteiger partial charge on any atom is 0.315 e. The van der Waals surface area contributed by atoms with Crippen molar-refractivity contribution in [2.75, 3.05) is 18.4 Å². The molecule has 5 rings (SSSR count). The molecule has 1 saturated heterocycles. The van der Waals surface area contributed by atoms with Gasteiger partial charge in [-0.3, -0.25) is 4.79 Å². The number of likely N-dealkylation sites (tertiary alicyclic amines) is 1. The third-order valence-corrected chi connectivity index (χ3v) is 6.33. The van der Waals surface area contributed by atoms with E-state index in [-0.39, 0.29) is 11.9 Å². The summed E-state index contributed by atoms with van der Waals surface area (Å²) in [6, 6.07) is 9.24. The van der Waals surface area contributed by atoms with Gasteiger partial charge in [0.25, 0.3) is 0 Å². The highest BCUT2D eigenvalue weighted by atomic mass is 16.4. The number of aromatic amines is 1. The highest BCUT2D eigenvalue weighted by Crippen LogP contribution is 2.27. The van der Waals surface area contributed by atoms with Gasteiger partial charge in [0.05, 0.1) is 11.9 Å². The third-order valence-electron chi connectivity index (χ3n) is 6.33. The van der Waals surface area contributed by atoms with Gasteiger partial charge in [-0.2, -0.15) is 15.4 Å². The van der Waals surface area contributed by atoms with E-state index in [1.165, 1.54) is 11.1 Å². The Balaban J connectivity index is 1.03. The van der Waals surface area contributed by atoms with Gasteiger partial charge in [0.2, 0.25) is 11.8 Å². The van der Waals surface area contributed by atoms with Crippen molar-refractivity contribution in [1.29, 1.82) is 0 Å². The average molecular weight is 422 g/mol. The topological polar surface area (TPSA) is 113 Å². The summed E-state index contributed by atoms with van der Waals surface area (Å²) in [5.41, 5.74) is 3.75. The van der Waals surface area contributed by atoms with Crippen LogP contribution in [0.4, 0.5) is 6.01 Å². The number of fused-ring (bicyclic) bond motifs is 1. The number of carbonyl (C=O) groups is 1. The number of carbonyl (C=O) groups excluding carboxylic acids is 1. The lowest BCUT2D eigenvalue weighted by Crippen LogP contribution is -2.37. The normalized spacial score (nSPS) is 17.1. The fourth-order valence-electron chi connectivity index (χ4n) is 4.63. The number of aryl methyl sites for hydroxylation is 1. The third kappa shape index (κ3) is 4.60. The molecule has 2 N–H and O–H groups in total. The summed E-state index contributed by atoms with van der Waals surface area (Å²) < 4.78 is 5.75. The summed E-state index contributed by atoms with van der Waals surface area (Å²) >= 11 is 0. The maximum atomic E-state index is 12.5. The minimum absolute atomic E-state index is 0.195. The first-order chi connectivity index (χ1) is 15.2. The van der Waals surface area contributed by atoms with Crippen molar-refractivity contribution >= 4 is 11.9 Å². The average Bonchev–Trinajstić information content (AvgIpc) is 3.55. The zero-order valence-electron chi connectivity index (χ0n) is 17.5. The quantitative estimate of drug-likeness (QED) is 0.603. The number of anilines is 1. The molecule has 2 aromatic heterocycles. The number of aromatic nitrogens is 5. The molecular weight excluding hydrogens is 394 g/mol. The Labute approximate surface area is 180 Å². The van der Waals surface area contributed by atoms with Gasteiger partial charge >= 0.3 is 6.01 Å². The number of nitrogens with one attached hydrogen (secondary N) is 2. The Hall–Kier alpha value is -3.23. The molecule has 1 amide bonds. The fraction of sp³-hybridized carbons (Fsp3) is 0.500. The highest BCUT2D eigenvalue weighted by molar-refractivity contribution is 5.76. The molecule has 1 aromatic carbocycles. The number of hydrogen-bond acceptors (Lipinski definition) is 7. The first-order valence-electron chi connectivity index (χ1n) is 11.0. The number of benzene rings is 1. The summed E-state index contributed by atoms with van der Waals surface area (Å²) in [5, 5.41) is 22.3. The molecule has 1 aliphatic carbocycles. The van der Waals surface area contributed by atoms with Crippen molar-refractivity contribution in [3.8, 4) is 0 Å². The lowest BCUT2D eigenvalue weighted by molar-refractivity contribution is -0.132. The number of amides is 1. The Morgan fingerprint density at radius 1 is 1.16 bits per heavy atom. The van der Waals surface area contributed by atoms with Crippen LogP contribution in [0.2, 0.25) is 0 Å². The molecule has 0 atom stereocenters. The predicted molar refractivity (Wildman–Crippen MR) is 113 cm³/mol. The smallest absolute Gasteiger partial charge is 0.315 e. The van der Waals surface area contributed by atoms with Gasteiger partial charge in [0.15, 0.2) is 0 Å². The van der Waals surface area contributed by atoms with Gasteiger partial charge in [-0.25, -0.2) is 0 Å². The standard InChI is InChI=1S/C22H27N7O2/c30-21(29-10-8-15(9-11-29)19-14-23-28-25-19)7-3-6-20-26-27-22(31-20)24-18-12-16-4-1-2-5-17(16)13-18/h1-2,4-5,14-15,18H,3,6-13H2,(H,24,27)(H,23,25,28). The van der Waals surface area contributed by atoms with Gasteiger partial charge in [0.1, 0.15) is 0 Å². The van der Waals surface area contributed by atoms with Crippen molar-refractivity contribution in [3.05, 3.63) is 53.2 Å². The van der Waals surface area contributed by atoms with Crippen LogP contribution in [0.15, 0.2) is 34.9 Å². The van der Waals surface area contributed by atoms with Crippen LogP contribution in [0.3, 0.4) is 0 Å². The SMILES string of the molecule is O=C(CCCc1nnc(NC2Cc3ccccc3C2)o1)N1CCC(c2cn[nH]n2)CC1. The van der Waals surface area contributed by atoms with Gasteiger partial charge in [-0.1, -0.05) is 29.4 Å². The monoisotopic (exact) mass is 421 g/mol. The van der Waals surface area contributed by atoms with E-state index < -0.39 is 0 Å². The van der Waals surface area contributed by atoms with E-state index >= 15 is 0 Å². The number of nitrogens with zero attached hydrogens (tertiary/aromatic N) is 5. The Bertz CT molecular complexity index is 984. The van der Waals surface area contributed by atoms with Gasteiger partial charge in [-0.15, -0.1) is 5.10 Å². The van der Waals surface area contributed by atoms with Gasteiger partial charge in [-0.05, 0) is 43.2 Å². The second kappa shape index (κ2) is 8.87. The van der Waals surface area contributed by atoms with Crippen LogP contribution in [0.25, 0.3) is 0 Å². The van der Waals surface area contributed by atoms with Crippen molar-refractivity contribution < 1.29 is 9.21 Å². The summed E-state index contributed by atoms with van der Waals surface area (Å²) in [4.78, 5) is 14.5. The van der Waals surface area contributed by atoms with Crippen LogP contribution in [0.5, 0.6) is 0 Å². The summed E-state index contributed by atoms with van der Waals surface area (Å²) in [7, 11) is 0. The first-order valence-corrected chi connectivity index (χ1v) is 11.0. The molecule has 9 nitrogen and oxygen atoms in total. The van der Waals surface area contributed by atoms with E-state index in [1.54, 1.807) is 6.20 Å². The van der Waals surface area contributed by atoms with Crippen LogP contribution >= 0.6 is 0 Å². The summed E-state index contributed by atoms with van der Waals surface area (Å²) in [5.74, 6) is 1.16. The first kappa shape index (κ1) is 19.7. The molecule has 0 radical (unpaired) electrons. The van der Waals surface area contributed by atoms with Gasteiger partial charge in [0, 0.05) is 37.9 Å². The molecule has 0 bridgehead atoms. The molecule has 162 valence electrons. The van der Waals surface area contributed by atoms with E-state index in [4.69, 9.17) is 4.42 Å². The number of rotatable bonds is 7. The molecule has 0 saturated carbocycles. The van der Waals surface area contributed by atoms with Crippen molar-refractivity contribution in [2.45, 2.75) is 56.9 Å². The molecule has 2 aliphatic rings. The van der Waals surface area contributed by atoms with E-state index in [1.807, 2.05) is 4.90 Å². The Kier molecular flexibility index (Phi) is 5.64. The second-order valence-electron chi connectivity index (χ2n) is 8.42. The summed E-state index contributed by atoms with van der Waals surface area (Å²) in [6.07, 6.45) is 7.40. The van der Waals surface area contributed by atoms with Crippen LogP contribution in [0.1, 0.15) is 54.3 Å². The molecule has 1 aliphatic heterocycles. The fourth-order valence-corrected chi connectivity index (χ4v) is 4.63. The number of hydrogen-bond donors (Lipinski definition) is 2. The van der Waals surface area contributed by atoms with E-state index in [0.29, 0.717) is 37.1 Å². The van der Waals surface area contributed by atoms with E-state index in [2.05, 4.69) is 55.2 Å². The van der Waals surface area contributed by atoms with E-state index in [0.717, 1.165) is 44.5 Å². The Morgan fingerprint density at radius 2 is 1.94 bits per heavy atom. The lowest BCUT2D eigenvalue weighted by atomic mass is 9.94. The molecule has 0 unspecified atom stereocenters. The summed E-state index contributed by atoms with van der Waals surface area (Å²) in [6.45, 7) is 1.55. The zero-order chi connectivity index (χ0) is 21.0. The maximum absolute atomic E-state index is 12.5. The molecule has 3 aromatic rings. The molecular formula is C22H27N7O2. The lowest BCUT2D eigenvalue weighted by Gasteiger charge is -2.31. The number of piperidine rings is 1. The predicted octanol–water partition coefficient (Wildman–Crippen LogP) is 2.50. The van der Waals surface area contributed by atoms with Crippen molar-refractivity contribution in [2.24, 2.45) is 0 Å². The largest absolute Gasteiger partial charge is 0.408 e. The van der Waals surface area contributed by atoms with E-state index in [9.17, 15) is 4.79 Å². The van der Waals surface area contributed by atoms with Crippen LogP contribution in [0, 0.1) is 0 Å². The molecule has 3 heterocycles. The highest BCUT2D eigenvalue weighted by Gasteiger charge is 2.25. The zero-order valence-corrected chi connectivity index (χ0v) is 17.5. The van der Waals surface area contributed by atoms with Crippen LogP contribution in [-0.4, -0.2) is 55.5 Å². The van der Waals surface area contributed by atoms with Crippen molar-refractivity contribution in [3.63, 3.8) is 0 Å². The Morgan fingerprint density at radius 3 is 2.65 bits per heavy atom. The molecule has 0 spiro atoms. The minimum atomic E-state index is 0.195. The second-order valence-corrected chi connectivity index (χ2v) is 8.42. The minimum Gasteiger partial charge on any atom is -0.408 e. The number of H-pyrrole nitrogens is 1. The molecule has 9 heteroatoms. The molecule has 1 fully saturated rings. The van der Waals surface area contributed by atoms with Crippen LogP contribution < -0.4 is 5.32 Å².